The van der Waals surface area contributed by atoms with Crippen molar-refractivity contribution in [2.24, 2.45) is 5.92 Å². The Kier molecular flexibility index (Phi) is 6.92. The van der Waals surface area contributed by atoms with Crippen LogP contribution in [0.2, 0.25) is 0 Å². The number of nitrogens with one attached hydrogen (secondary N) is 1. The van der Waals surface area contributed by atoms with Crippen LogP contribution in [0.1, 0.15) is 24.0 Å². The first-order valence-corrected chi connectivity index (χ1v) is 11.6. The second-order valence-corrected chi connectivity index (χ2v) is 9.89. The monoisotopic (exact) mass is 481 g/mol. The maximum atomic E-state index is 12.9. The summed E-state index contributed by atoms with van der Waals surface area (Å²) in [6.07, 6.45) is 2.61. The number of pyridine rings is 1. The largest absolute Gasteiger partial charge is 0.481 e. The summed E-state index contributed by atoms with van der Waals surface area (Å²) in [6.45, 7) is 2.83. The van der Waals surface area contributed by atoms with Gasteiger partial charge in [0.2, 0.25) is 21.8 Å². The van der Waals surface area contributed by atoms with Crippen molar-refractivity contribution in [3.05, 3.63) is 52.1 Å². The lowest BCUT2D eigenvalue weighted by Crippen LogP contribution is -2.42. The first kappa shape index (κ1) is 21.7. The molecule has 3 rings (SSSR count). The van der Waals surface area contributed by atoms with E-state index in [0.29, 0.717) is 38.4 Å². The van der Waals surface area contributed by atoms with E-state index in [4.69, 9.17) is 4.74 Å². The van der Waals surface area contributed by atoms with E-state index in [2.05, 4.69) is 26.2 Å². The highest BCUT2D eigenvalue weighted by Crippen LogP contribution is 2.27. The molecule has 2 aromatic rings. The SMILES string of the molecule is COc1ncccc1CNC(=O)C1CCN(S(=O)(=O)c2cc(C)cc(Br)c2)CC1. The standard InChI is InChI=1S/C20H24BrN3O4S/c1-14-10-17(21)12-18(11-14)29(26,27)24-8-5-15(6-9-24)19(25)23-13-16-4-3-7-22-20(16)28-2/h3-4,7,10-12,15H,5-6,8-9,13H2,1-2H3,(H,23,25). The molecule has 2 heterocycles. The van der Waals surface area contributed by atoms with Crippen molar-refractivity contribution >= 4 is 31.9 Å². The molecule has 0 saturated carbocycles. The van der Waals surface area contributed by atoms with E-state index in [9.17, 15) is 13.2 Å². The number of carbonyl (C=O) groups is 1. The van der Waals surface area contributed by atoms with E-state index in [0.717, 1.165) is 15.6 Å². The number of piperidine rings is 1. The molecule has 1 N–H and O–H groups in total. The van der Waals surface area contributed by atoms with Gasteiger partial charge in [-0.05, 0) is 49.6 Å². The van der Waals surface area contributed by atoms with Gasteiger partial charge >= 0.3 is 0 Å². The van der Waals surface area contributed by atoms with Crippen LogP contribution in [0.3, 0.4) is 0 Å². The highest BCUT2D eigenvalue weighted by Gasteiger charge is 2.32. The van der Waals surface area contributed by atoms with Crippen molar-refractivity contribution in [2.45, 2.75) is 31.2 Å². The third-order valence-electron chi connectivity index (χ3n) is 4.97. The number of ether oxygens (including phenoxy) is 1. The molecule has 0 unspecified atom stereocenters. The summed E-state index contributed by atoms with van der Waals surface area (Å²) in [6, 6.07) is 8.79. The molecular formula is C20H24BrN3O4S. The number of nitrogens with zero attached hydrogens (tertiary/aromatic N) is 2. The van der Waals surface area contributed by atoms with Gasteiger partial charge in [0.05, 0.1) is 12.0 Å². The van der Waals surface area contributed by atoms with Crippen LogP contribution in [0.25, 0.3) is 0 Å². The van der Waals surface area contributed by atoms with Crippen molar-refractivity contribution in [3.8, 4) is 5.88 Å². The van der Waals surface area contributed by atoms with Gasteiger partial charge in [0.25, 0.3) is 0 Å². The highest BCUT2D eigenvalue weighted by atomic mass is 79.9. The fourth-order valence-corrected chi connectivity index (χ4v) is 5.79. The van der Waals surface area contributed by atoms with E-state index < -0.39 is 10.0 Å². The van der Waals surface area contributed by atoms with E-state index in [1.165, 1.54) is 11.4 Å². The van der Waals surface area contributed by atoms with Crippen LogP contribution >= 0.6 is 15.9 Å². The van der Waals surface area contributed by atoms with Gasteiger partial charge in [-0.1, -0.05) is 22.0 Å². The van der Waals surface area contributed by atoms with E-state index in [1.807, 2.05) is 19.1 Å². The van der Waals surface area contributed by atoms with Crippen LogP contribution in [0, 0.1) is 12.8 Å². The van der Waals surface area contributed by atoms with Gasteiger partial charge in [-0.3, -0.25) is 4.79 Å². The fraction of sp³-hybridized carbons (Fsp3) is 0.400. The second-order valence-electron chi connectivity index (χ2n) is 7.03. The summed E-state index contributed by atoms with van der Waals surface area (Å²) in [5.74, 6) is 0.192. The van der Waals surface area contributed by atoms with Crippen molar-refractivity contribution < 1.29 is 17.9 Å². The first-order valence-electron chi connectivity index (χ1n) is 9.34. The average molecular weight is 482 g/mol. The van der Waals surface area contributed by atoms with Crippen LogP contribution in [-0.4, -0.2) is 43.8 Å². The lowest BCUT2D eigenvalue weighted by atomic mass is 9.97. The number of aryl methyl sites for hydroxylation is 1. The Labute approximate surface area is 179 Å². The molecule has 0 aliphatic carbocycles. The Morgan fingerprint density at radius 3 is 2.69 bits per heavy atom. The number of sulfonamides is 1. The van der Waals surface area contributed by atoms with Gasteiger partial charge in [0.1, 0.15) is 0 Å². The second kappa shape index (κ2) is 9.23. The predicted molar refractivity (Wildman–Crippen MR) is 113 cm³/mol. The Morgan fingerprint density at radius 1 is 1.31 bits per heavy atom. The molecular weight excluding hydrogens is 458 g/mol. The number of aromatic nitrogens is 1. The van der Waals surface area contributed by atoms with Crippen molar-refractivity contribution in [1.82, 2.24) is 14.6 Å². The van der Waals surface area contributed by atoms with E-state index in [1.54, 1.807) is 24.4 Å². The van der Waals surface area contributed by atoms with Crippen LogP contribution < -0.4 is 10.1 Å². The summed E-state index contributed by atoms with van der Waals surface area (Å²) in [7, 11) is -2.04. The molecule has 29 heavy (non-hydrogen) atoms. The number of hydrogen-bond donors (Lipinski definition) is 1. The first-order chi connectivity index (χ1) is 13.8. The summed E-state index contributed by atoms with van der Waals surface area (Å²) in [4.78, 5) is 16.9. The molecule has 1 aliphatic heterocycles. The molecule has 1 amide bonds. The van der Waals surface area contributed by atoms with Crippen molar-refractivity contribution in [2.75, 3.05) is 20.2 Å². The molecule has 9 heteroatoms. The number of methoxy groups -OCH3 is 1. The predicted octanol–water partition coefficient (Wildman–Crippen LogP) is 2.88. The smallest absolute Gasteiger partial charge is 0.243 e. The molecule has 1 aromatic heterocycles. The number of amides is 1. The zero-order valence-electron chi connectivity index (χ0n) is 16.4. The molecule has 0 atom stereocenters. The highest BCUT2D eigenvalue weighted by molar-refractivity contribution is 9.10. The number of carbonyl (C=O) groups excluding carboxylic acids is 1. The minimum Gasteiger partial charge on any atom is -0.481 e. The van der Waals surface area contributed by atoms with E-state index in [-0.39, 0.29) is 16.7 Å². The summed E-state index contributed by atoms with van der Waals surface area (Å²) >= 11 is 3.36. The molecule has 1 saturated heterocycles. The maximum Gasteiger partial charge on any atom is 0.243 e. The lowest BCUT2D eigenvalue weighted by molar-refractivity contribution is -0.126. The zero-order valence-corrected chi connectivity index (χ0v) is 18.8. The number of benzene rings is 1. The van der Waals surface area contributed by atoms with Crippen LogP contribution in [0.5, 0.6) is 5.88 Å². The van der Waals surface area contributed by atoms with Crippen LogP contribution in [0.4, 0.5) is 0 Å². The Bertz CT molecular complexity index is 969. The van der Waals surface area contributed by atoms with Crippen LogP contribution in [-0.2, 0) is 21.4 Å². The normalized spacial score (nSPS) is 15.8. The molecule has 0 spiro atoms. The average Bonchev–Trinajstić information content (AvgIpc) is 2.71. The fourth-order valence-electron chi connectivity index (χ4n) is 3.43. The van der Waals surface area contributed by atoms with Gasteiger partial charge in [0, 0.05) is 41.8 Å². The number of halogens is 1. The minimum atomic E-state index is -3.57. The number of rotatable bonds is 6. The van der Waals surface area contributed by atoms with Gasteiger partial charge in [-0.2, -0.15) is 4.31 Å². The third-order valence-corrected chi connectivity index (χ3v) is 7.31. The quantitative estimate of drug-likeness (QED) is 0.684. The molecule has 0 radical (unpaired) electrons. The number of hydrogen-bond acceptors (Lipinski definition) is 5. The lowest BCUT2D eigenvalue weighted by Gasteiger charge is -2.30. The minimum absolute atomic E-state index is 0.0775. The van der Waals surface area contributed by atoms with Gasteiger partial charge < -0.3 is 10.1 Å². The Morgan fingerprint density at radius 2 is 2.03 bits per heavy atom. The zero-order chi connectivity index (χ0) is 21.0. The molecule has 1 fully saturated rings. The van der Waals surface area contributed by atoms with Crippen molar-refractivity contribution in [1.29, 1.82) is 0 Å². The molecule has 7 nitrogen and oxygen atoms in total. The maximum absolute atomic E-state index is 12.9. The molecule has 1 aliphatic rings. The van der Waals surface area contributed by atoms with Crippen LogP contribution in [0.15, 0.2) is 45.9 Å². The summed E-state index contributed by atoms with van der Waals surface area (Å²) < 4.78 is 33.3. The van der Waals surface area contributed by atoms with Gasteiger partial charge in [-0.25, -0.2) is 13.4 Å². The topological polar surface area (TPSA) is 88.6 Å². The summed E-state index contributed by atoms with van der Waals surface area (Å²) in [5, 5.41) is 2.91. The summed E-state index contributed by atoms with van der Waals surface area (Å²) in [5.41, 5.74) is 1.67. The third kappa shape index (κ3) is 5.15. The van der Waals surface area contributed by atoms with Crippen molar-refractivity contribution in [3.63, 3.8) is 0 Å². The van der Waals surface area contributed by atoms with Gasteiger partial charge in [-0.15, -0.1) is 0 Å². The molecule has 156 valence electrons. The molecule has 0 bridgehead atoms. The molecule has 1 aromatic carbocycles. The van der Waals surface area contributed by atoms with Gasteiger partial charge in [0.15, 0.2) is 0 Å². The Hall–Kier alpha value is -1.97. The van der Waals surface area contributed by atoms with E-state index >= 15 is 0 Å². The Balaban J connectivity index is 1.59.